The maximum absolute atomic E-state index is 6.33. The molecule has 6 rings (SSSR count). The quantitative estimate of drug-likeness (QED) is 0.0612. The average molecular weight is 617 g/mol. The molecule has 0 aliphatic carbocycles. The van der Waals surface area contributed by atoms with Crippen LogP contribution >= 0.6 is 0 Å². The van der Waals surface area contributed by atoms with E-state index in [1.54, 1.807) is 0 Å². The molecule has 0 spiro atoms. The second kappa shape index (κ2) is 15.4. The van der Waals surface area contributed by atoms with Gasteiger partial charge in [-0.05, 0) is 45.2 Å². The summed E-state index contributed by atoms with van der Waals surface area (Å²) in [7, 11) is -1.90. The molecular formula is C41H41BN2OSi. The highest BCUT2D eigenvalue weighted by Gasteiger charge is 2.40. The summed E-state index contributed by atoms with van der Waals surface area (Å²) in [5.74, 6) is 0.945. The van der Waals surface area contributed by atoms with Crippen molar-refractivity contribution < 1.29 is 4.74 Å². The minimum absolute atomic E-state index is 0.723. The largest absolute Gasteiger partial charge is 0.494 e. The van der Waals surface area contributed by atoms with Crippen LogP contribution in [0.4, 0.5) is 0 Å². The van der Waals surface area contributed by atoms with Crippen molar-refractivity contribution in [3.63, 3.8) is 0 Å². The molecule has 6 aromatic rings. The Bertz CT molecular complexity index is 1780. The molecule has 228 valence electrons. The van der Waals surface area contributed by atoms with Crippen LogP contribution in [0.1, 0.15) is 37.3 Å². The lowest BCUT2D eigenvalue weighted by molar-refractivity contribution is 0.306. The lowest BCUT2D eigenvalue weighted by Gasteiger charge is -2.35. The van der Waals surface area contributed by atoms with Gasteiger partial charge in [0.05, 0.1) is 12.3 Å². The van der Waals surface area contributed by atoms with Crippen LogP contribution in [0.15, 0.2) is 158 Å². The van der Waals surface area contributed by atoms with Crippen LogP contribution in [0.3, 0.4) is 0 Å². The summed E-state index contributed by atoms with van der Waals surface area (Å²) in [5.41, 5.74) is 4.70. The van der Waals surface area contributed by atoms with E-state index in [0.29, 0.717) is 0 Å². The summed E-state index contributed by atoms with van der Waals surface area (Å²) in [6.07, 6.45) is 10.7. The number of aromatic nitrogens is 2. The number of rotatable bonds is 14. The first-order valence-corrected chi connectivity index (χ1v) is 18.6. The molecule has 0 atom stereocenters. The topological polar surface area (TPSA) is 27.1 Å². The summed E-state index contributed by atoms with van der Waals surface area (Å²) >= 11 is 0. The van der Waals surface area contributed by atoms with Crippen LogP contribution < -0.4 is 26.0 Å². The SMILES string of the molecule is CCCCCOc1cccc([Si](Cn2ccnc2BC(=Cc2ccccc2)c2ccccc2)(c2ccccc2)c2ccccc2)c1. The smallest absolute Gasteiger partial charge is 0.239 e. The van der Waals surface area contributed by atoms with Crippen LogP contribution in [0.25, 0.3) is 11.5 Å². The van der Waals surface area contributed by atoms with Crippen molar-refractivity contribution in [1.82, 2.24) is 9.55 Å². The first-order chi connectivity index (χ1) is 22.8. The molecule has 3 nitrogen and oxygen atoms in total. The monoisotopic (exact) mass is 616 g/mol. The van der Waals surface area contributed by atoms with Gasteiger partial charge in [-0.2, -0.15) is 0 Å². The number of imidazole rings is 1. The molecule has 1 heterocycles. The van der Waals surface area contributed by atoms with Crippen molar-refractivity contribution >= 4 is 48.2 Å². The van der Waals surface area contributed by atoms with E-state index in [0.717, 1.165) is 37.9 Å². The van der Waals surface area contributed by atoms with Crippen LogP contribution in [0.5, 0.6) is 5.75 Å². The molecule has 0 fully saturated rings. The average Bonchev–Trinajstić information content (AvgIpc) is 3.56. The van der Waals surface area contributed by atoms with Gasteiger partial charge >= 0.3 is 0 Å². The fourth-order valence-corrected chi connectivity index (χ4v) is 11.0. The normalized spacial score (nSPS) is 11.7. The van der Waals surface area contributed by atoms with E-state index in [4.69, 9.17) is 9.72 Å². The van der Waals surface area contributed by atoms with Gasteiger partial charge in [-0.1, -0.05) is 165 Å². The molecule has 0 amide bonds. The number of unbranched alkanes of at least 4 members (excludes halogenated alkanes) is 2. The second-order valence-corrected chi connectivity index (χ2v) is 15.7. The number of hydrogen-bond acceptors (Lipinski definition) is 2. The predicted octanol–water partition coefficient (Wildman–Crippen LogP) is 6.42. The summed E-state index contributed by atoms with van der Waals surface area (Å²) < 4.78 is 8.73. The van der Waals surface area contributed by atoms with Crippen molar-refractivity contribution in [3.8, 4) is 5.75 Å². The molecule has 0 saturated heterocycles. The molecule has 0 aliphatic rings. The van der Waals surface area contributed by atoms with Gasteiger partial charge < -0.3 is 9.30 Å². The first kappa shape index (κ1) is 31.1. The van der Waals surface area contributed by atoms with Gasteiger partial charge in [-0.15, -0.1) is 0 Å². The number of hydrogen-bond donors (Lipinski definition) is 0. The van der Waals surface area contributed by atoms with Gasteiger partial charge in [0, 0.05) is 18.6 Å². The van der Waals surface area contributed by atoms with E-state index in [-0.39, 0.29) is 0 Å². The zero-order valence-electron chi connectivity index (χ0n) is 26.6. The Hall–Kier alpha value is -4.87. The van der Waals surface area contributed by atoms with Gasteiger partial charge in [0.1, 0.15) is 5.75 Å². The van der Waals surface area contributed by atoms with Crippen molar-refractivity contribution in [3.05, 3.63) is 169 Å². The van der Waals surface area contributed by atoms with Gasteiger partial charge in [0.25, 0.3) is 0 Å². The van der Waals surface area contributed by atoms with Gasteiger partial charge in [0.15, 0.2) is 8.07 Å². The lowest BCUT2D eigenvalue weighted by Crippen LogP contribution is -2.70. The van der Waals surface area contributed by atoms with Crippen LogP contribution in [-0.2, 0) is 6.17 Å². The van der Waals surface area contributed by atoms with E-state index in [1.165, 1.54) is 45.0 Å². The predicted molar refractivity (Wildman–Crippen MR) is 199 cm³/mol. The number of ether oxygens (including phenoxy) is 1. The van der Waals surface area contributed by atoms with Crippen LogP contribution in [0.2, 0.25) is 0 Å². The first-order valence-electron chi connectivity index (χ1n) is 16.4. The van der Waals surface area contributed by atoms with E-state index in [1.807, 2.05) is 6.20 Å². The molecule has 0 radical (unpaired) electrons. The lowest BCUT2D eigenvalue weighted by atomic mass is 9.65. The Morgan fingerprint density at radius 1 is 0.717 bits per heavy atom. The maximum atomic E-state index is 6.33. The summed E-state index contributed by atoms with van der Waals surface area (Å²) in [6.45, 7) is 2.97. The zero-order valence-corrected chi connectivity index (χ0v) is 27.6. The maximum Gasteiger partial charge on any atom is 0.239 e. The van der Waals surface area contributed by atoms with Crippen molar-refractivity contribution in [2.75, 3.05) is 6.61 Å². The Kier molecular flexibility index (Phi) is 10.4. The Morgan fingerprint density at radius 2 is 1.33 bits per heavy atom. The fourth-order valence-electron chi connectivity index (χ4n) is 6.33. The molecule has 0 bridgehead atoms. The van der Waals surface area contributed by atoms with Crippen LogP contribution in [-0.4, -0.2) is 31.5 Å². The Balaban J connectivity index is 1.45. The zero-order chi connectivity index (χ0) is 31.4. The molecule has 5 heteroatoms. The third kappa shape index (κ3) is 7.33. The molecular weight excluding hydrogens is 575 g/mol. The van der Waals surface area contributed by atoms with Crippen molar-refractivity contribution in [2.24, 2.45) is 0 Å². The molecule has 0 aliphatic heterocycles. The minimum Gasteiger partial charge on any atom is -0.494 e. The van der Waals surface area contributed by atoms with Gasteiger partial charge in [-0.25, -0.2) is 0 Å². The number of benzene rings is 5. The minimum atomic E-state index is -2.63. The molecule has 46 heavy (non-hydrogen) atoms. The highest BCUT2D eigenvalue weighted by molar-refractivity contribution is 7.10. The van der Waals surface area contributed by atoms with Gasteiger partial charge in [-0.3, -0.25) is 4.98 Å². The fraction of sp³-hybridized carbons (Fsp3) is 0.146. The Labute approximate surface area is 275 Å². The van der Waals surface area contributed by atoms with E-state index in [2.05, 4.69) is 169 Å². The summed E-state index contributed by atoms with van der Waals surface area (Å²) in [4.78, 5) is 4.98. The van der Waals surface area contributed by atoms with Gasteiger partial charge in [0.2, 0.25) is 7.28 Å². The highest BCUT2D eigenvalue weighted by atomic mass is 28.3. The van der Waals surface area contributed by atoms with E-state index < -0.39 is 8.07 Å². The molecule has 5 aromatic carbocycles. The standard InChI is InChI=1S/C41H41BN2OSi/c1-2-3-16-30-45-36-22-17-27-39(32-36)46(37-23-12-6-13-24-37,38-25-14-7-15-26-38)33-44-29-28-43-41(44)42-40(35-20-10-5-11-21-35)31-34-18-8-4-9-19-34/h4-15,17-29,31-32,42H,2-3,16,30,33H2,1H3. The number of nitrogens with zero attached hydrogens (tertiary/aromatic N) is 2. The third-order valence-electron chi connectivity index (χ3n) is 8.72. The molecule has 1 aromatic heterocycles. The van der Waals surface area contributed by atoms with E-state index in [9.17, 15) is 0 Å². The van der Waals surface area contributed by atoms with Crippen molar-refractivity contribution in [2.45, 2.75) is 32.4 Å². The Morgan fingerprint density at radius 3 is 1.98 bits per heavy atom. The van der Waals surface area contributed by atoms with Crippen molar-refractivity contribution in [1.29, 1.82) is 0 Å². The van der Waals surface area contributed by atoms with Crippen LogP contribution in [0, 0.1) is 0 Å². The second-order valence-electron chi connectivity index (χ2n) is 11.8. The molecule has 0 unspecified atom stereocenters. The molecule has 0 N–H and O–H groups in total. The highest BCUT2D eigenvalue weighted by Crippen LogP contribution is 2.19. The molecule has 0 saturated carbocycles. The third-order valence-corrected chi connectivity index (χ3v) is 13.5. The summed E-state index contributed by atoms with van der Waals surface area (Å²) in [5, 5.41) is 4.07. The summed E-state index contributed by atoms with van der Waals surface area (Å²) in [6, 6.07) is 52.4. The van der Waals surface area contributed by atoms with E-state index >= 15 is 0 Å².